The summed E-state index contributed by atoms with van der Waals surface area (Å²) in [6, 6.07) is 21.2. The largest absolute Gasteiger partial charge is 0.508 e. The molecule has 0 atom stereocenters. The molecule has 160 valence electrons. The lowest BCUT2D eigenvalue weighted by Gasteiger charge is -2.13. The van der Waals surface area contributed by atoms with Gasteiger partial charge in [-0.1, -0.05) is 41.6 Å². The molecule has 0 aliphatic rings. The number of hydrogen-bond acceptors (Lipinski definition) is 6. The summed E-state index contributed by atoms with van der Waals surface area (Å²) in [7, 11) is 0. The molecule has 0 aliphatic carbocycles. The van der Waals surface area contributed by atoms with Crippen LogP contribution in [0.3, 0.4) is 0 Å². The van der Waals surface area contributed by atoms with Crippen molar-refractivity contribution in [3.05, 3.63) is 94.3 Å². The van der Waals surface area contributed by atoms with E-state index in [2.05, 4.69) is 15.5 Å². The highest BCUT2D eigenvalue weighted by molar-refractivity contribution is 7.99. The number of aryl methyl sites for hydroxylation is 1. The maximum atomic E-state index is 13.2. The lowest BCUT2D eigenvalue weighted by Crippen LogP contribution is -2.24. The topological polar surface area (TPSA) is 96.6 Å². The Bertz CT molecular complexity index is 1350. The van der Waals surface area contributed by atoms with Crippen molar-refractivity contribution in [3.63, 3.8) is 0 Å². The normalized spacial score (nSPS) is 11.2. The van der Waals surface area contributed by atoms with Crippen molar-refractivity contribution in [1.82, 2.24) is 15.0 Å². The van der Waals surface area contributed by atoms with Crippen LogP contribution in [0.5, 0.6) is 5.75 Å². The molecule has 1 heterocycles. The molecule has 2 N–H and O–H groups in total. The molecule has 7 nitrogen and oxygen atoms in total. The first kappa shape index (κ1) is 21.3. The number of para-hydroxylation sites is 1. The molecule has 0 bridgehead atoms. The molecular weight excluding hydrogens is 424 g/mol. The number of carbonyl (C=O) groups is 1. The van der Waals surface area contributed by atoms with Gasteiger partial charge in [-0.15, -0.1) is 0 Å². The van der Waals surface area contributed by atoms with E-state index in [1.165, 1.54) is 22.9 Å². The number of carbonyl (C=O) groups excluding carboxylic acids is 1. The van der Waals surface area contributed by atoms with Gasteiger partial charge in [-0.2, -0.15) is 5.10 Å². The van der Waals surface area contributed by atoms with Crippen LogP contribution in [0, 0.1) is 6.92 Å². The molecule has 0 radical (unpaired) electrons. The molecule has 8 heteroatoms. The van der Waals surface area contributed by atoms with Gasteiger partial charge in [0.05, 0.1) is 28.6 Å². The van der Waals surface area contributed by atoms with Crippen molar-refractivity contribution in [2.75, 3.05) is 5.75 Å². The van der Waals surface area contributed by atoms with E-state index < -0.39 is 0 Å². The predicted octanol–water partition coefficient (Wildman–Crippen LogP) is 3.64. The van der Waals surface area contributed by atoms with Crippen LogP contribution in [0.2, 0.25) is 0 Å². The number of benzene rings is 3. The SMILES string of the molecule is Cc1ccc(-n2c(SCC(=O)N/N=C\c3ccc(O)cc3)nc3ccccc3c2=O)cc1. The second kappa shape index (κ2) is 9.49. The number of hydrogen-bond donors (Lipinski definition) is 2. The number of nitrogens with one attached hydrogen (secondary N) is 1. The van der Waals surface area contributed by atoms with E-state index in [0.29, 0.717) is 21.7 Å². The Kier molecular flexibility index (Phi) is 6.32. The molecule has 0 spiro atoms. The second-order valence-corrected chi connectivity index (χ2v) is 8.00. The number of thioether (sulfide) groups is 1. The molecule has 3 aromatic carbocycles. The quantitative estimate of drug-likeness (QED) is 0.205. The summed E-state index contributed by atoms with van der Waals surface area (Å²) >= 11 is 1.16. The molecule has 4 rings (SSSR count). The summed E-state index contributed by atoms with van der Waals surface area (Å²) in [5.74, 6) is -0.142. The number of amides is 1. The van der Waals surface area contributed by atoms with E-state index in [0.717, 1.165) is 22.9 Å². The van der Waals surface area contributed by atoms with E-state index in [-0.39, 0.29) is 23.0 Å². The highest BCUT2D eigenvalue weighted by Crippen LogP contribution is 2.21. The van der Waals surface area contributed by atoms with Crippen molar-refractivity contribution >= 4 is 34.8 Å². The third-order valence-electron chi connectivity index (χ3n) is 4.67. The average molecular weight is 445 g/mol. The summed E-state index contributed by atoms with van der Waals surface area (Å²) in [6.45, 7) is 1.98. The van der Waals surface area contributed by atoms with Crippen molar-refractivity contribution in [1.29, 1.82) is 0 Å². The standard InChI is InChI=1S/C24H20N4O3S/c1-16-6-10-18(11-7-16)28-23(31)20-4-2-3-5-21(20)26-24(28)32-15-22(30)27-25-14-17-8-12-19(29)13-9-17/h2-14,29H,15H2,1H3,(H,27,30)/b25-14-. The summed E-state index contributed by atoms with van der Waals surface area (Å²) in [6.07, 6.45) is 1.48. The Hall–Kier alpha value is -3.91. The number of nitrogens with zero attached hydrogens (tertiary/aromatic N) is 3. The summed E-state index contributed by atoms with van der Waals surface area (Å²) in [4.78, 5) is 30.1. The molecule has 0 aliphatic heterocycles. The maximum Gasteiger partial charge on any atom is 0.266 e. The van der Waals surface area contributed by atoms with Crippen LogP contribution in [-0.4, -0.2) is 32.5 Å². The van der Waals surface area contributed by atoms with Gasteiger partial charge in [0.15, 0.2) is 5.16 Å². The molecule has 4 aromatic rings. The number of hydrazone groups is 1. The minimum atomic E-state index is -0.331. The van der Waals surface area contributed by atoms with Crippen molar-refractivity contribution in [2.24, 2.45) is 5.10 Å². The van der Waals surface area contributed by atoms with Gasteiger partial charge in [-0.3, -0.25) is 14.2 Å². The second-order valence-electron chi connectivity index (χ2n) is 7.06. The predicted molar refractivity (Wildman–Crippen MR) is 127 cm³/mol. The first-order valence-electron chi connectivity index (χ1n) is 9.84. The third kappa shape index (κ3) is 4.87. The van der Waals surface area contributed by atoms with Gasteiger partial charge in [0.25, 0.3) is 11.5 Å². The minimum absolute atomic E-state index is 0.0313. The van der Waals surface area contributed by atoms with Gasteiger partial charge in [-0.25, -0.2) is 10.4 Å². The van der Waals surface area contributed by atoms with Gasteiger partial charge in [0.1, 0.15) is 5.75 Å². The van der Waals surface area contributed by atoms with Crippen LogP contribution >= 0.6 is 11.8 Å². The Balaban J connectivity index is 1.56. The maximum absolute atomic E-state index is 13.2. The number of fused-ring (bicyclic) bond motifs is 1. The number of rotatable bonds is 6. The molecule has 1 amide bonds. The van der Waals surface area contributed by atoms with Crippen LogP contribution < -0.4 is 11.0 Å². The van der Waals surface area contributed by atoms with Crippen molar-refractivity contribution < 1.29 is 9.90 Å². The van der Waals surface area contributed by atoms with Crippen LogP contribution in [-0.2, 0) is 4.79 Å². The highest BCUT2D eigenvalue weighted by Gasteiger charge is 2.14. The van der Waals surface area contributed by atoms with Crippen LogP contribution in [0.1, 0.15) is 11.1 Å². The van der Waals surface area contributed by atoms with E-state index in [9.17, 15) is 14.7 Å². The molecule has 32 heavy (non-hydrogen) atoms. The lowest BCUT2D eigenvalue weighted by atomic mass is 10.2. The molecular formula is C24H20N4O3S. The van der Waals surface area contributed by atoms with E-state index >= 15 is 0 Å². The zero-order valence-electron chi connectivity index (χ0n) is 17.2. The van der Waals surface area contributed by atoms with Crippen LogP contribution in [0.15, 0.2) is 87.8 Å². The zero-order valence-corrected chi connectivity index (χ0v) is 18.0. The molecule has 1 aromatic heterocycles. The number of aromatic hydroxyl groups is 1. The minimum Gasteiger partial charge on any atom is -0.508 e. The summed E-state index contributed by atoms with van der Waals surface area (Å²) < 4.78 is 1.53. The Morgan fingerprint density at radius 3 is 2.56 bits per heavy atom. The number of phenols is 1. The smallest absolute Gasteiger partial charge is 0.266 e. The monoisotopic (exact) mass is 444 g/mol. The molecule has 0 saturated carbocycles. The van der Waals surface area contributed by atoms with Gasteiger partial charge >= 0.3 is 0 Å². The fourth-order valence-electron chi connectivity index (χ4n) is 3.03. The molecule has 0 unspecified atom stereocenters. The first-order valence-corrected chi connectivity index (χ1v) is 10.8. The van der Waals surface area contributed by atoms with Gasteiger partial charge in [0.2, 0.25) is 0 Å². The van der Waals surface area contributed by atoms with Gasteiger partial charge < -0.3 is 5.11 Å². The average Bonchev–Trinajstić information content (AvgIpc) is 2.80. The molecule has 0 fully saturated rings. The number of phenolic OH excluding ortho intramolecular Hbond substituents is 1. The van der Waals surface area contributed by atoms with E-state index in [1.54, 1.807) is 30.3 Å². The van der Waals surface area contributed by atoms with Crippen LogP contribution in [0.4, 0.5) is 0 Å². The lowest BCUT2D eigenvalue weighted by molar-refractivity contribution is -0.118. The van der Waals surface area contributed by atoms with Crippen molar-refractivity contribution in [3.8, 4) is 11.4 Å². The summed E-state index contributed by atoms with van der Waals surface area (Å²) in [5.41, 5.74) is 5.36. The first-order chi connectivity index (χ1) is 15.5. The highest BCUT2D eigenvalue weighted by atomic mass is 32.2. The number of aromatic nitrogens is 2. The Morgan fingerprint density at radius 2 is 1.81 bits per heavy atom. The van der Waals surface area contributed by atoms with E-state index in [1.807, 2.05) is 37.3 Å². The fraction of sp³-hybridized carbons (Fsp3) is 0.0833. The molecule has 0 saturated heterocycles. The van der Waals surface area contributed by atoms with E-state index in [4.69, 9.17) is 0 Å². The van der Waals surface area contributed by atoms with Crippen molar-refractivity contribution in [2.45, 2.75) is 12.1 Å². The summed E-state index contributed by atoms with van der Waals surface area (Å²) in [5, 5.41) is 14.2. The third-order valence-corrected chi connectivity index (χ3v) is 5.60. The Labute approximate surface area is 188 Å². The Morgan fingerprint density at radius 1 is 1.09 bits per heavy atom. The fourth-order valence-corrected chi connectivity index (χ4v) is 3.84. The van der Waals surface area contributed by atoms with Gasteiger partial charge in [-0.05, 0) is 61.0 Å². The van der Waals surface area contributed by atoms with Crippen LogP contribution in [0.25, 0.3) is 16.6 Å². The zero-order chi connectivity index (χ0) is 22.5. The van der Waals surface area contributed by atoms with Gasteiger partial charge in [0, 0.05) is 0 Å².